The van der Waals surface area contributed by atoms with Crippen LogP contribution in [-0.4, -0.2) is 73.1 Å². The number of ether oxygens (including phenoxy) is 1. The lowest BCUT2D eigenvalue weighted by atomic mass is 10.0. The predicted molar refractivity (Wildman–Crippen MR) is 198 cm³/mol. The van der Waals surface area contributed by atoms with E-state index in [1.807, 2.05) is 0 Å². The molecule has 1 amide bonds. The third kappa shape index (κ3) is 36.2. The third-order valence-corrected chi connectivity index (χ3v) is 9.17. The van der Waals surface area contributed by atoms with Crippen LogP contribution < -0.4 is 5.32 Å². The maximum absolute atomic E-state index is 12.3. The highest BCUT2D eigenvalue weighted by Crippen LogP contribution is 2.15. The zero-order chi connectivity index (χ0) is 33.9. The Labute approximate surface area is 287 Å². The lowest BCUT2D eigenvalue weighted by Gasteiger charge is -2.24. The van der Waals surface area contributed by atoms with Gasteiger partial charge < -0.3 is 25.2 Å². The topological polar surface area (TPSA) is 82.0 Å². The molecule has 0 saturated carbocycles. The van der Waals surface area contributed by atoms with Gasteiger partial charge in [-0.2, -0.15) is 0 Å². The lowest BCUT2D eigenvalue weighted by molar-refractivity contribution is -0.121. The molecule has 46 heavy (non-hydrogen) atoms. The molecule has 0 bridgehead atoms. The maximum atomic E-state index is 12.3. The second-order valence-corrected chi connectivity index (χ2v) is 15.0. The number of carbonyl (C=O) groups is 1. The molecule has 0 aromatic carbocycles. The van der Waals surface area contributed by atoms with Gasteiger partial charge in [0.25, 0.3) is 0 Å². The van der Waals surface area contributed by atoms with Crippen LogP contribution in [-0.2, 0) is 9.53 Å². The summed E-state index contributed by atoms with van der Waals surface area (Å²) in [5.74, 6) is 1.85. The SMILES string of the molecule is CC(C)CCCCCCCCCCCCCCC(=O)NCCCN(CCCOCCCCCCCCCCC(C)C)CC(O)CO. The van der Waals surface area contributed by atoms with Crippen LogP contribution in [0.15, 0.2) is 0 Å². The van der Waals surface area contributed by atoms with Crippen molar-refractivity contribution in [1.82, 2.24) is 10.2 Å². The molecule has 1 unspecified atom stereocenters. The quantitative estimate of drug-likeness (QED) is 0.0581. The van der Waals surface area contributed by atoms with E-state index in [1.54, 1.807) is 0 Å². The number of aliphatic hydroxyl groups excluding tert-OH is 2. The molecule has 6 nitrogen and oxygen atoms in total. The van der Waals surface area contributed by atoms with Crippen molar-refractivity contribution in [3.63, 3.8) is 0 Å². The first-order valence-corrected chi connectivity index (χ1v) is 20.2. The molecule has 1 atom stereocenters. The first-order chi connectivity index (χ1) is 22.3. The van der Waals surface area contributed by atoms with Crippen LogP contribution in [0.4, 0.5) is 0 Å². The van der Waals surface area contributed by atoms with Gasteiger partial charge in [0.2, 0.25) is 5.91 Å². The van der Waals surface area contributed by atoms with Crippen molar-refractivity contribution in [2.45, 2.75) is 194 Å². The van der Waals surface area contributed by atoms with Gasteiger partial charge in [-0.25, -0.2) is 0 Å². The molecule has 0 fully saturated rings. The van der Waals surface area contributed by atoms with E-state index < -0.39 is 6.10 Å². The Kier molecular flexibility index (Phi) is 35.1. The largest absolute Gasteiger partial charge is 0.394 e. The fourth-order valence-corrected chi connectivity index (χ4v) is 6.18. The van der Waals surface area contributed by atoms with Crippen LogP contribution in [0.3, 0.4) is 0 Å². The average Bonchev–Trinajstić information content (AvgIpc) is 3.02. The summed E-state index contributed by atoms with van der Waals surface area (Å²) in [6.07, 6.45) is 30.8. The van der Waals surface area contributed by atoms with Crippen molar-refractivity contribution in [1.29, 1.82) is 0 Å². The molecule has 0 aliphatic rings. The van der Waals surface area contributed by atoms with Crippen molar-refractivity contribution in [3.8, 4) is 0 Å². The Balaban J connectivity index is 3.66. The van der Waals surface area contributed by atoms with Crippen molar-refractivity contribution in [2.24, 2.45) is 11.8 Å². The van der Waals surface area contributed by atoms with Crippen molar-refractivity contribution in [2.75, 3.05) is 46.0 Å². The summed E-state index contributed by atoms with van der Waals surface area (Å²) in [7, 11) is 0. The van der Waals surface area contributed by atoms with Gasteiger partial charge in [-0.15, -0.1) is 0 Å². The number of hydrogen-bond donors (Lipinski definition) is 3. The van der Waals surface area contributed by atoms with Gasteiger partial charge >= 0.3 is 0 Å². The summed E-state index contributed by atoms with van der Waals surface area (Å²) in [6, 6.07) is 0. The normalized spacial score (nSPS) is 12.5. The van der Waals surface area contributed by atoms with Gasteiger partial charge in [-0.1, -0.05) is 156 Å². The van der Waals surface area contributed by atoms with Gasteiger partial charge in [-0.3, -0.25) is 4.79 Å². The molecule has 0 aromatic heterocycles. The Morgan fingerprint density at radius 3 is 1.48 bits per heavy atom. The summed E-state index contributed by atoms with van der Waals surface area (Å²) >= 11 is 0. The smallest absolute Gasteiger partial charge is 0.219 e. The Morgan fingerprint density at radius 2 is 1.00 bits per heavy atom. The average molecular weight is 655 g/mol. The highest BCUT2D eigenvalue weighted by atomic mass is 16.5. The molecule has 0 aliphatic heterocycles. The van der Waals surface area contributed by atoms with E-state index >= 15 is 0 Å². The van der Waals surface area contributed by atoms with E-state index in [0.717, 1.165) is 70.2 Å². The van der Waals surface area contributed by atoms with E-state index in [9.17, 15) is 15.0 Å². The highest BCUT2D eigenvalue weighted by molar-refractivity contribution is 5.75. The molecule has 0 aromatic rings. The predicted octanol–water partition coefficient (Wildman–Crippen LogP) is 9.84. The summed E-state index contributed by atoms with van der Waals surface area (Å²) in [5.41, 5.74) is 0. The lowest BCUT2D eigenvalue weighted by Crippen LogP contribution is -2.37. The summed E-state index contributed by atoms with van der Waals surface area (Å²) < 4.78 is 5.86. The number of nitrogens with zero attached hydrogens (tertiary/aromatic N) is 1. The molecule has 3 N–H and O–H groups in total. The van der Waals surface area contributed by atoms with E-state index in [-0.39, 0.29) is 12.5 Å². The minimum Gasteiger partial charge on any atom is -0.394 e. The highest BCUT2D eigenvalue weighted by Gasteiger charge is 2.11. The van der Waals surface area contributed by atoms with E-state index in [4.69, 9.17) is 4.74 Å². The molecular formula is C40H82N2O4. The summed E-state index contributed by atoms with van der Waals surface area (Å²) in [6.45, 7) is 13.4. The fraction of sp³-hybridized carbons (Fsp3) is 0.975. The van der Waals surface area contributed by atoms with Gasteiger partial charge in [0.15, 0.2) is 0 Å². The van der Waals surface area contributed by atoms with Gasteiger partial charge in [0.05, 0.1) is 12.7 Å². The summed E-state index contributed by atoms with van der Waals surface area (Å²) in [5, 5.41) is 22.3. The number of hydrogen-bond acceptors (Lipinski definition) is 5. The molecule has 0 aliphatic carbocycles. The molecule has 0 spiro atoms. The maximum Gasteiger partial charge on any atom is 0.219 e. The first kappa shape index (κ1) is 45.3. The third-order valence-electron chi connectivity index (χ3n) is 9.17. The molecule has 0 rings (SSSR count). The van der Waals surface area contributed by atoms with Crippen molar-refractivity contribution < 1.29 is 19.7 Å². The number of unbranched alkanes of at least 4 members (excludes halogenated alkanes) is 18. The zero-order valence-electron chi connectivity index (χ0n) is 31.5. The van der Waals surface area contributed by atoms with Crippen LogP contribution >= 0.6 is 0 Å². The molecular weight excluding hydrogens is 572 g/mol. The number of nitrogens with one attached hydrogen (secondary N) is 1. The standard InChI is InChI=1S/C40H82N2O4/c1-37(2)27-21-17-13-9-7-5-6-8-10-15-19-23-29-40(45)41-30-25-31-42(35-39(44)36-43)32-26-34-46-33-24-20-16-12-11-14-18-22-28-38(3)4/h37-39,43-44H,5-36H2,1-4H3,(H,41,45). The van der Waals surface area contributed by atoms with Crippen molar-refractivity contribution >= 4 is 5.91 Å². The van der Waals surface area contributed by atoms with Gasteiger partial charge in [0.1, 0.15) is 0 Å². The summed E-state index contributed by atoms with van der Waals surface area (Å²) in [4.78, 5) is 14.4. The minimum absolute atomic E-state index is 0.158. The van der Waals surface area contributed by atoms with Crippen LogP contribution in [0.2, 0.25) is 0 Å². The second-order valence-electron chi connectivity index (χ2n) is 15.0. The Hall–Kier alpha value is -0.690. The monoisotopic (exact) mass is 655 g/mol. The Morgan fingerprint density at radius 1 is 0.587 bits per heavy atom. The van der Waals surface area contributed by atoms with Gasteiger partial charge in [-0.05, 0) is 44.1 Å². The van der Waals surface area contributed by atoms with E-state index in [1.165, 1.54) is 122 Å². The van der Waals surface area contributed by atoms with Crippen LogP contribution in [0.25, 0.3) is 0 Å². The van der Waals surface area contributed by atoms with Gasteiger partial charge in [0, 0.05) is 39.3 Å². The molecule has 0 radical (unpaired) electrons. The zero-order valence-corrected chi connectivity index (χ0v) is 31.5. The van der Waals surface area contributed by atoms with E-state index in [0.29, 0.717) is 19.5 Å². The van der Waals surface area contributed by atoms with Crippen LogP contribution in [0, 0.1) is 11.8 Å². The molecule has 276 valence electrons. The molecule has 0 saturated heterocycles. The van der Waals surface area contributed by atoms with Crippen LogP contribution in [0.1, 0.15) is 188 Å². The second kappa shape index (κ2) is 35.6. The first-order valence-electron chi connectivity index (χ1n) is 20.2. The number of amides is 1. The fourth-order valence-electron chi connectivity index (χ4n) is 6.18. The number of carbonyl (C=O) groups excluding carboxylic acids is 1. The number of rotatable bonds is 37. The Bertz CT molecular complexity index is 616. The number of aliphatic hydroxyl groups is 2. The van der Waals surface area contributed by atoms with E-state index in [2.05, 4.69) is 37.9 Å². The molecule has 0 heterocycles. The van der Waals surface area contributed by atoms with Crippen molar-refractivity contribution in [3.05, 3.63) is 0 Å². The van der Waals surface area contributed by atoms with Crippen LogP contribution in [0.5, 0.6) is 0 Å². The minimum atomic E-state index is -0.727. The molecule has 6 heteroatoms.